The third-order valence-electron chi connectivity index (χ3n) is 2.72. The van der Waals surface area contributed by atoms with E-state index in [2.05, 4.69) is 16.7 Å². The van der Waals surface area contributed by atoms with E-state index in [1.54, 1.807) is 0 Å². The molecule has 0 unspecified atom stereocenters. The van der Waals surface area contributed by atoms with E-state index < -0.39 is 0 Å². The molecule has 1 rings (SSSR count). The number of nitrogens with one attached hydrogen (secondary N) is 2. The van der Waals surface area contributed by atoms with Crippen molar-refractivity contribution >= 4 is 6.03 Å². The minimum atomic E-state index is -0.114. The quantitative estimate of drug-likeness (QED) is 0.840. The molecule has 0 heterocycles. The van der Waals surface area contributed by atoms with Crippen LogP contribution in [0.1, 0.15) is 38.8 Å². The fraction of sp³-hybridized carbons (Fsp3) is 0.562. The van der Waals surface area contributed by atoms with Crippen molar-refractivity contribution in [1.29, 1.82) is 0 Å². The lowest BCUT2D eigenvalue weighted by atomic mass is 10.1. The Hall–Kier alpha value is -1.71. The fourth-order valence-corrected chi connectivity index (χ4v) is 1.89. The van der Waals surface area contributed by atoms with E-state index in [4.69, 9.17) is 4.74 Å². The predicted octanol–water partition coefficient (Wildman–Crippen LogP) is 3.03. The summed E-state index contributed by atoms with van der Waals surface area (Å²) in [5.74, 6) is 0.925. The molecule has 0 aliphatic rings. The van der Waals surface area contributed by atoms with Gasteiger partial charge in [0.15, 0.2) is 0 Å². The molecular formula is C16H26N2O2. The Morgan fingerprint density at radius 1 is 1.25 bits per heavy atom. The van der Waals surface area contributed by atoms with Gasteiger partial charge in [0, 0.05) is 12.6 Å². The Balaban J connectivity index is 2.45. The van der Waals surface area contributed by atoms with E-state index in [1.165, 1.54) is 5.56 Å². The van der Waals surface area contributed by atoms with Crippen LogP contribution in [0.3, 0.4) is 0 Å². The Bertz CT molecular complexity index is 442. The maximum atomic E-state index is 11.4. The molecule has 0 radical (unpaired) electrons. The summed E-state index contributed by atoms with van der Waals surface area (Å²) in [5, 5.41) is 5.65. The first-order valence-corrected chi connectivity index (χ1v) is 7.19. The van der Waals surface area contributed by atoms with Gasteiger partial charge in [-0.25, -0.2) is 4.79 Å². The molecule has 2 amide bonds. The van der Waals surface area contributed by atoms with Crippen molar-refractivity contribution in [3.8, 4) is 5.75 Å². The van der Waals surface area contributed by atoms with Crippen molar-refractivity contribution in [3.63, 3.8) is 0 Å². The Labute approximate surface area is 121 Å². The van der Waals surface area contributed by atoms with Gasteiger partial charge in [-0.3, -0.25) is 0 Å². The molecule has 0 aliphatic heterocycles. The van der Waals surface area contributed by atoms with Gasteiger partial charge in [0.05, 0.1) is 6.10 Å². The van der Waals surface area contributed by atoms with Gasteiger partial charge in [-0.2, -0.15) is 0 Å². The van der Waals surface area contributed by atoms with Crippen LogP contribution in [-0.2, 0) is 6.42 Å². The number of rotatable bonds is 6. The molecule has 0 aromatic heterocycles. The molecule has 20 heavy (non-hydrogen) atoms. The first kappa shape index (κ1) is 16.3. The number of amides is 2. The van der Waals surface area contributed by atoms with E-state index in [0.29, 0.717) is 6.54 Å². The second-order valence-electron chi connectivity index (χ2n) is 5.57. The third-order valence-corrected chi connectivity index (χ3v) is 2.72. The Morgan fingerprint density at radius 3 is 2.50 bits per heavy atom. The van der Waals surface area contributed by atoms with Gasteiger partial charge in [0.25, 0.3) is 0 Å². The zero-order valence-corrected chi connectivity index (χ0v) is 13.1. The molecule has 0 atom stereocenters. The highest BCUT2D eigenvalue weighted by Gasteiger charge is 2.05. The van der Waals surface area contributed by atoms with Crippen molar-refractivity contribution in [3.05, 3.63) is 29.3 Å². The predicted molar refractivity (Wildman–Crippen MR) is 82.3 cm³/mol. The summed E-state index contributed by atoms with van der Waals surface area (Å²) in [6.07, 6.45) is 0.995. The lowest BCUT2D eigenvalue weighted by Gasteiger charge is -2.14. The summed E-state index contributed by atoms with van der Waals surface area (Å²) in [4.78, 5) is 11.4. The monoisotopic (exact) mass is 278 g/mol. The molecule has 0 saturated heterocycles. The number of carbonyl (C=O) groups is 1. The second kappa shape index (κ2) is 7.78. The summed E-state index contributed by atoms with van der Waals surface area (Å²) in [6.45, 7) is 10.6. The Kier molecular flexibility index (Phi) is 6.36. The molecule has 112 valence electrons. The number of hydrogen-bond donors (Lipinski definition) is 2. The largest absolute Gasteiger partial charge is 0.491 e. The summed E-state index contributed by atoms with van der Waals surface area (Å²) in [7, 11) is 0. The zero-order chi connectivity index (χ0) is 15.1. The van der Waals surface area contributed by atoms with Gasteiger partial charge >= 0.3 is 6.03 Å². The van der Waals surface area contributed by atoms with Gasteiger partial charge in [0.2, 0.25) is 0 Å². The maximum Gasteiger partial charge on any atom is 0.314 e. The standard InChI is InChI=1S/C16H26N2O2/c1-11(2)18-16(19)17-9-8-14-6-7-15(13(5)10-14)20-12(3)4/h6-7,10-12H,8-9H2,1-5H3,(H2,17,18,19). The van der Waals surface area contributed by atoms with Crippen LogP contribution in [0, 0.1) is 6.92 Å². The summed E-state index contributed by atoms with van der Waals surface area (Å²) in [6, 6.07) is 6.20. The first-order chi connectivity index (χ1) is 9.38. The highest BCUT2D eigenvalue weighted by atomic mass is 16.5. The van der Waals surface area contributed by atoms with Crippen LogP contribution in [0.15, 0.2) is 18.2 Å². The molecule has 1 aromatic rings. The number of urea groups is 1. The third kappa shape index (κ3) is 5.95. The molecule has 0 spiro atoms. The number of benzene rings is 1. The first-order valence-electron chi connectivity index (χ1n) is 7.19. The zero-order valence-electron chi connectivity index (χ0n) is 13.1. The molecule has 2 N–H and O–H groups in total. The van der Waals surface area contributed by atoms with Crippen LogP contribution in [-0.4, -0.2) is 24.7 Å². The summed E-state index contributed by atoms with van der Waals surface area (Å²) >= 11 is 0. The topological polar surface area (TPSA) is 50.4 Å². The summed E-state index contributed by atoms with van der Waals surface area (Å²) < 4.78 is 5.71. The molecule has 0 bridgehead atoms. The molecular weight excluding hydrogens is 252 g/mol. The SMILES string of the molecule is Cc1cc(CCNC(=O)NC(C)C)ccc1OC(C)C. The normalized spacial score (nSPS) is 10.8. The molecule has 4 nitrogen and oxygen atoms in total. The van der Waals surface area contributed by atoms with Crippen molar-refractivity contribution < 1.29 is 9.53 Å². The van der Waals surface area contributed by atoms with E-state index in [9.17, 15) is 4.79 Å². The number of hydrogen-bond acceptors (Lipinski definition) is 2. The highest BCUT2D eigenvalue weighted by Crippen LogP contribution is 2.20. The van der Waals surface area contributed by atoms with Gasteiger partial charge < -0.3 is 15.4 Å². The average Bonchev–Trinajstić information content (AvgIpc) is 2.31. The second-order valence-corrected chi connectivity index (χ2v) is 5.57. The summed E-state index contributed by atoms with van der Waals surface area (Å²) in [5.41, 5.74) is 2.33. The van der Waals surface area contributed by atoms with Crippen LogP contribution < -0.4 is 15.4 Å². The van der Waals surface area contributed by atoms with Crippen molar-refractivity contribution in [2.24, 2.45) is 0 Å². The molecule has 1 aromatic carbocycles. The van der Waals surface area contributed by atoms with Crippen LogP contribution in [0.5, 0.6) is 5.75 Å². The van der Waals surface area contributed by atoms with Crippen LogP contribution in [0.4, 0.5) is 4.79 Å². The molecule has 0 saturated carbocycles. The fourth-order valence-electron chi connectivity index (χ4n) is 1.89. The van der Waals surface area contributed by atoms with Gasteiger partial charge in [-0.15, -0.1) is 0 Å². The van der Waals surface area contributed by atoms with E-state index in [-0.39, 0.29) is 18.2 Å². The smallest absolute Gasteiger partial charge is 0.314 e. The van der Waals surface area contributed by atoms with Crippen molar-refractivity contribution in [1.82, 2.24) is 10.6 Å². The van der Waals surface area contributed by atoms with Crippen molar-refractivity contribution in [2.45, 2.75) is 53.2 Å². The molecule has 0 fully saturated rings. The van der Waals surface area contributed by atoms with Gasteiger partial charge in [-0.05, 0) is 58.2 Å². The van der Waals surface area contributed by atoms with E-state index in [0.717, 1.165) is 17.7 Å². The minimum absolute atomic E-state index is 0.114. The lowest BCUT2D eigenvalue weighted by Crippen LogP contribution is -2.40. The highest BCUT2D eigenvalue weighted by molar-refractivity contribution is 5.74. The van der Waals surface area contributed by atoms with Gasteiger partial charge in [-0.1, -0.05) is 12.1 Å². The Morgan fingerprint density at radius 2 is 1.95 bits per heavy atom. The van der Waals surface area contributed by atoms with Crippen LogP contribution in [0.2, 0.25) is 0 Å². The average molecular weight is 278 g/mol. The lowest BCUT2D eigenvalue weighted by molar-refractivity contribution is 0.238. The molecule has 0 aliphatic carbocycles. The van der Waals surface area contributed by atoms with E-state index in [1.807, 2.05) is 46.8 Å². The van der Waals surface area contributed by atoms with Crippen LogP contribution in [0.25, 0.3) is 0 Å². The van der Waals surface area contributed by atoms with Crippen molar-refractivity contribution in [2.75, 3.05) is 6.54 Å². The number of carbonyl (C=O) groups excluding carboxylic acids is 1. The van der Waals surface area contributed by atoms with E-state index >= 15 is 0 Å². The van der Waals surface area contributed by atoms with Gasteiger partial charge in [0.1, 0.15) is 5.75 Å². The van der Waals surface area contributed by atoms with Crippen LogP contribution >= 0.6 is 0 Å². The number of aryl methyl sites for hydroxylation is 1. The maximum absolute atomic E-state index is 11.4. The number of ether oxygens (including phenoxy) is 1. The minimum Gasteiger partial charge on any atom is -0.491 e. The molecule has 4 heteroatoms.